The van der Waals surface area contributed by atoms with Crippen LogP contribution in [-0.4, -0.2) is 51.5 Å². The zero-order valence-electron chi connectivity index (χ0n) is 18.3. The maximum Gasteiger partial charge on any atom is 0.334 e. The molecular weight excluding hydrogens is 384 g/mol. The van der Waals surface area contributed by atoms with Gasteiger partial charge >= 0.3 is 5.97 Å². The summed E-state index contributed by atoms with van der Waals surface area (Å²) in [6.07, 6.45) is 3.43. The molecule has 6 nitrogen and oxygen atoms in total. The molecule has 2 fully saturated rings. The lowest BCUT2D eigenvalue weighted by Gasteiger charge is -2.46. The molecule has 0 radical (unpaired) electrons. The smallest absolute Gasteiger partial charge is 0.334 e. The Kier molecular flexibility index (Phi) is 4.74. The number of Topliss-reactive ketones (excluding diaryl/α,β-unsaturated/α-hetero) is 1. The minimum atomic E-state index is -2.05. The normalized spacial score (nSPS) is 44.2. The van der Waals surface area contributed by atoms with Gasteiger partial charge in [-0.2, -0.15) is 0 Å². The standard InChI is InChI=1S/C24H32O6/c1-6-12(2)21(28)30-20-13(3)10-23-8-7-16-17(22(16,4)5)15(19(23)27)9-14(11-25)18(26)24(20,23)29/h6,9-10,15-18,20,25-26,29H,7-8,11H2,1-5H3. The Morgan fingerprint density at radius 3 is 2.63 bits per heavy atom. The maximum absolute atomic E-state index is 14.0. The molecule has 4 aliphatic rings. The lowest BCUT2D eigenvalue weighted by atomic mass is 9.63. The van der Waals surface area contributed by atoms with Gasteiger partial charge in [0, 0.05) is 11.5 Å². The molecular formula is C24H32O6. The molecule has 6 heteroatoms. The lowest BCUT2D eigenvalue weighted by molar-refractivity contribution is -0.194. The molecule has 0 heterocycles. The number of carbonyl (C=O) groups excluding carboxylic acids is 2. The third kappa shape index (κ3) is 2.47. The van der Waals surface area contributed by atoms with Crippen LogP contribution in [-0.2, 0) is 14.3 Å². The molecule has 30 heavy (non-hydrogen) atoms. The summed E-state index contributed by atoms with van der Waals surface area (Å²) in [6, 6.07) is 0. The topological polar surface area (TPSA) is 104 Å². The molecule has 0 aliphatic heterocycles. The van der Waals surface area contributed by atoms with Crippen molar-refractivity contribution in [2.24, 2.45) is 28.6 Å². The van der Waals surface area contributed by atoms with E-state index in [0.717, 1.165) is 6.42 Å². The zero-order chi connectivity index (χ0) is 22.2. The Labute approximate surface area is 177 Å². The van der Waals surface area contributed by atoms with E-state index in [2.05, 4.69) is 13.8 Å². The van der Waals surface area contributed by atoms with Crippen molar-refractivity contribution in [1.29, 1.82) is 0 Å². The Morgan fingerprint density at radius 2 is 2.03 bits per heavy atom. The Bertz CT molecular complexity index is 895. The van der Waals surface area contributed by atoms with Gasteiger partial charge in [0.1, 0.15) is 6.10 Å². The fraction of sp³-hybridized carbons (Fsp3) is 0.667. The van der Waals surface area contributed by atoms with Crippen molar-refractivity contribution in [2.75, 3.05) is 6.61 Å². The molecule has 4 aliphatic carbocycles. The summed E-state index contributed by atoms with van der Waals surface area (Å²) >= 11 is 0. The van der Waals surface area contributed by atoms with E-state index in [1.807, 2.05) is 0 Å². The number of allylic oxidation sites excluding steroid dienone is 2. The average molecular weight is 417 g/mol. The van der Waals surface area contributed by atoms with Crippen molar-refractivity contribution < 1.29 is 29.6 Å². The van der Waals surface area contributed by atoms with Gasteiger partial charge in [-0.05, 0) is 62.0 Å². The average Bonchev–Trinajstić information content (AvgIpc) is 3.23. The molecule has 4 rings (SSSR count). The highest BCUT2D eigenvalue weighted by molar-refractivity contribution is 5.95. The van der Waals surface area contributed by atoms with Gasteiger partial charge in [-0.15, -0.1) is 0 Å². The van der Waals surface area contributed by atoms with Crippen LogP contribution in [0.1, 0.15) is 47.5 Å². The fourth-order valence-electron chi connectivity index (χ4n) is 6.53. The van der Waals surface area contributed by atoms with E-state index >= 15 is 0 Å². The summed E-state index contributed by atoms with van der Waals surface area (Å²) in [7, 11) is 0. The molecule has 0 aromatic rings. The van der Waals surface area contributed by atoms with E-state index in [0.29, 0.717) is 23.5 Å². The molecule has 0 amide bonds. The summed E-state index contributed by atoms with van der Waals surface area (Å²) in [4.78, 5) is 26.5. The van der Waals surface area contributed by atoms with Gasteiger partial charge in [-0.1, -0.05) is 32.1 Å². The molecule has 0 aromatic heterocycles. The van der Waals surface area contributed by atoms with E-state index in [9.17, 15) is 24.9 Å². The highest BCUT2D eigenvalue weighted by Crippen LogP contribution is 2.70. The van der Waals surface area contributed by atoms with Gasteiger partial charge in [0.2, 0.25) is 0 Å². The van der Waals surface area contributed by atoms with E-state index in [1.165, 1.54) is 0 Å². The van der Waals surface area contributed by atoms with Gasteiger partial charge in [-0.3, -0.25) is 4.79 Å². The maximum atomic E-state index is 14.0. The summed E-state index contributed by atoms with van der Waals surface area (Å²) in [5.74, 6) is -0.795. The molecule has 164 valence electrons. The molecule has 0 aromatic carbocycles. The van der Waals surface area contributed by atoms with Crippen LogP contribution >= 0.6 is 0 Å². The van der Waals surface area contributed by atoms with Crippen molar-refractivity contribution in [3.8, 4) is 0 Å². The van der Waals surface area contributed by atoms with E-state index in [-0.39, 0.29) is 22.7 Å². The minimum absolute atomic E-state index is 0.00132. The third-order valence-corrected chi connectivity index (χ3v) is 8.44. The number of fused-ring (bicyclic) bond motifs is 3. The number of hydrogen-bond donors (Lipinski definition) is 3. The van der Waals surface area contributed by atoms with Crippen LogP contribution in [0.15, 0.2) is 34.9 Å². The number of rotatable bonds is 3. The first-order valence-electron chi connectivity index (χ1n) is 10.8. The molecule has 2 bridgehead atoms. The largest absolute Gasteiger partial charge is 0.451 e. The summed E-state index contributed by atoms with van der Waals surface area (Å²) in [6.45, 7) is 8.86. The quantitative estimate of drug-likeness (QED) is 0.370. The highest BCUT2D eigenvalue weighted by atomic mass is 16.6. The number of hydrogen-bond acceptors (Lipinski definition) is 6. The summed E-state index contributed by atoms with van der Waals surface area (Å²) < 4.78 is 5.68. The van der Waals surface area contributed by atoms with E-state index < -0.39 is 41.7 Å². The van der Waals surface area contributed by atoms with E-state index in [4.69, 9.17) is 4.74 Å². The molecule has 3 N–H and O–H groups in total. The lowest BCUT2D eigenvalue weighted by Crippen LogP contribution is -2.63. The van der Waals surface area contributed by atoms with Crippen molar-refractivity contribution in [3.05, 3.63) is 34.9 Å². The predicted octanol–water partition coefficient (Wildman–Crippen LogP) is 2.09. The molecule has 7 unspecified atom stereocenters. The van der Waals surface area contributed by atoms with Crippen molar-refractivity contribution in [1.82, 2.24) is 0 Å². The number of ketones is 1. The minimum Gasteiger partial charge on any atom is -0.451 e. The van der Waals surface area contributed by atoms with Gasteiger partial charge < -0.3 is 20.1 Å². The van der Waals surface area contributed by atoms with Crippen LogP contribution in [0.2, 0.25) is 0 Å². The number of aliphatic hydroxyl groups excluding tert-OH is 2. The van der Waals surface area contributed by atoms with Crippen molar-refractivity contribution in [3.63, 3.8) is 0 Å². The van der Waals surface area contributed by atoms with Crippen LogP contribution < -0.4 is 0 Å². The molecule has 7 atom stereocenters. The summed E-state index contributed by atoms with van der Waals surface area (Å²) in [5.41, 5.74) is -2.27. The van der Waals surface area contributed by atoms with Crippen LogP contribution in [0, 0.1) is 28.6 Å². The Hall–Kier alpha value is -1.76. The number of carbonyl (C=O) groups is 2. The number of aliphatic hydroxyl groups is 3. The van der Waals surface area contributed by atoms with Crippen LogP contribution in [0.3, 0.4) is 0 Å². The van der Waals surface area contributed by atoms with E-state index in [1.54, 1.807) is 39.0 Å². The second kappa shape index (κ2) is 6.62. The van der Waals surface area contributed by atoms with Gasteiger partial charge in [0.25, 0.3) is 0 Å². The van der Waals surface area contributed by atoms with Crippen LogP contribution in [0.4, 0.5) is 0 Å². The highest BCUT2D eigenvalue weighted by Gasteiger charge is 2.74. The van der Waals surface area contributed by atoms with Crippen molar-refractivity contribution >= 4 is 11.8 Å². The zero-order valence-corrected chi connectivity index (χ0v) is 18.3. The second-order valence-electron chi connectivity index (χ2n) is 10.1. The monoisotopic (exact) mass is 416 g/mol. The second-order valence-corrected chi connectivity index (χ2v) is 10.1. The number of ether oxygens (including phenoxy) is 1. The SMILES string of the molecule is CC=C(C)C(=O)OC1C(C)=CC23CCC4C(C(C=C(CO)C(O)C12O)C3=O)C4(C)C. The fourth-order valence-corrected chi connectivity index (χ4v) is 6.53. The van der Waals surface area contributed by atoms with Crippen LogP contribution in [0.5, 0.6) is 0 Å². The molecule has 1 spiro atoms. The molecule has 2 saturated carbocycles. The van der Waals surface area contributed by atoms with Crippen LogP contribution in [0.25, 0.3) is 0 Å². The Balaban J connectivity index is 1.86. The summed E-state index contributed by atoms with van der Waals surface area (Å²) in [5, 5.41) is 33.3. The van der Waals surface area contributed by atoms with Gasteiger partial charge in [0.15, 0.2) is 17.5 Å². The third-order valence-electron chi connectivity index (χ3n) is 8.44. The first kappa shape index (κ1) is 21.5. The van der Waals surface area contributed by atoms with Gasteiger partial charge in [0.05, 0.1) is 12.0 Å². The van der Waals surface area contributed by atoms with Gasteiger partial charge in [-0.25, -0.2) is 4.79 Å². The predicted molar refractivity (Wildman–Crippen MR) is 110 cm³/mol. The Morgan fingerprint density at radius 1 is 1.37 bits per heavy atom. The first-order valence-corrected chi connectivity index (χ1v) is 10.8. The first-order chi connectivity index (χ1) is 14.0. The van der Waals surface area contributed by atoms with Crippen molar-refractivity contribution in [2.45, 2.75) is 65.3 Å². The number of esters is 1. The molecule has 0 saturated heterocycles.